The third kappa shape index (κ3) is 2.97. The molecule has 0 amide bonds. The molecule has 0 radical (unpaired) electrons. The molecular formula is C13H21N3. The Bertz CT molecular complexity index is 312. The molecule has 16 heavy (non-hydrogen) atoms. The van der Waals surface area contributed by atoms with Crippen molar-refractivity contribution in [3.05, 3.63) is 29.8 Å². The van der Waals surface area contributed by atoms with Crippen molar-refractivity contribution in [2.45, 2.75) is 25.4 Å². The zero-order valence-corrected chi connectivity index (χ0v) is 9.95. The van der Waals surface area contributed by atoms with Crippen molar-refractivity contribution in [1.82, 2.24) is 4.90 Å². The summed E-state index contributed by atoms with van der Waals surface area (Å²) in [5.41, 5.74) is 7.98. The zero-order valence-electron chi connectivity index (χ0n) is 9.95. The molecule has 1 saturated heterocycles. The van der Waals surface area contributed by atoms with Crippen LogP contribution in [0.3, 0.4) is 0 Å². The van der Waals surface area contributed by atoms with Crippen molar-refractivity contribution in [3.8, 4) is 0 Å². The Hall–Kier alpha value is -1.06. The summed E-state index contributed by atoms with van der Waals surface area (Å²) < 4.78 is 0. The molecular weight excluding hydrogens is 198 g/mol. The molecule has 3 nitrogen and oxygen atoms in total. The topological polar surface area (TPSA) is 41.3 Å². The number of nitrogens with zero attached hydrogens (tertiary/aromatic N) is 1. The number of nitrogens with one attached hydrogen (secondary N) is 1. The lowest BCUT2D eigenvalue weighted by Crippen LogP contribution is -2.36. The molecule has 3 heteroatoms. The number of anilines is 1. The van der Waals surface area contributed by atoms with Crippen LogP contribution >= 0.6 is 0 Å². The van der Waals surface area contributed by atoms with E-state index in [0.717, 1.165) is 0 Å². The molecule has 1 aliphatic heterocycles. The van der Waals surface area contributed by atoms with Crippen LogP contribution in [-0.4, -0.2) is 31.1 Å². The van der Waals surface area contributed by atoms with E-state index in [1.165, 1.54) is 37.2 Å². The van der Waals surface area contributed by atoms with E-state index in [4.69, 9.17) is 5.73 Å². The average molecular weight is 219 g/mol. The SMILES string of the molecule is CN1CCC(Nc2ccc(CN)cc2)CC1. The standard InChI is InChI=1S/C13H21N3/c1-16-8-6-13(7-9-16)15-12-4-2-11(10-14)3-5-12/h2-5,13,15H,6-10,14H2,1H3. The van der Waals surface area contributed by atoms with Crippen molar-refractivity contribution < 1.29 is 0 Å². The Balaban J connectivity index is 1.88. The molecule has 0 aliphatic carbocycles. The van der Waals surface area contributed by atoms with Crippen LogP contribution < -0.4 is 11.1 Å². The van der Waals surface area contributed by atoms with Crippen molar-refractivity contribution >= 4 is 5.69 Å². The van der Waals surface area contributed by atoms with Gasteiger partial charge in [0.1, 0.15) is 0 Å². The zero-order chi connectivity index (χ0) is 11.4. The monoisotopic (exact) mass is 219 g/mol. The molecule has 0 aromatic heterocycles. The number of rotatable bonds is 3. The van der Waals surface area contributed by atoms with Crippen molar-refractivity contribution in [2.75, 3.05) is 25.5 Å². The van der Waals surface area contributed by atoms with E-state index in [1.807, 2.05) is 0 Å². The highest BCUT2D eigenvalue weighted by molar-refractivity contribution is 5.45. The van der Waals surface area contributed by atoms with Crippen LogP contribution in [0.2, 0.25) is 0 Å². The van der Waals surface area contributed by atoms with E-state index in [2.05, 4.69) is 41.5 Å². The summed E-state index contributed by atoms with van der Waals surface area (Å²) in [6, 6.07) is 9.07. The maximum Gasteiger partial charge on any atom is 0.0342 e. The Morgan fingerprint density at radius 3 is 2.44 bits per heavy atom. The Labute approximate surface area is 97.6 Å². The number of hydrogen-bond acceptors (Lipinski definition) is 3. The van der Waals surface area contributed by atoms with Gasteiger partial charge in [-0.25, -0.2) is 0 Å². The Morgan fingerprint density at radius 1 is 1.25 bits per heavy atom. The molecule has 1 aromatic carbocycles. The summed E-state index contributed by atoms with van der Waals surface area (Å²) in [4.78, 5) is 2.38. The van der Waals surface area contributed by atoms with Gasteiger partial charge in [0, 0.05) is 18.3 Å². The fourth-order valence-corrected chi connectivity index (χ4v) is 2.13. The molecule has 2 rings (SSSR count). The van der Waals surface area contributed by atoms with Crippen LogP contribution in [-0.2, 0) is 6.54 Å². The van der Waals surface area contributed by atoms with E-state index in [1.54, 1.807) is 0 Å². The third-order valence-corrected chi connectivity index (χ3v) is 3.28. The molecule has 88 valence electrons. The molecule has 0 bridgehead atoms. The maximum absolute atomic E-state index is 5.57. The molecule has 0 saturated carbocycles. The van der Waals surface area contributed by atoms with Gasteiger partial charge in [0.2, 0.25) is 0 Å². The van der Waals surface area contributed by atoms with Crippen molar-refractivity contribution in [1.29, 1.82) is 0 Å². The van der Waals surface area contributed by atoms with E-state index < -0.39 is 0 Å². The van der Waals surface area contributed by atoms with E-state index in [-0.39, 0.29) is 0 Å². The fraction of sp³-hybridized carbons (Fsp3) is 0.538. The van der Waals surface area contributed by atoms with Gasteiger partial charge in [-0.15, -0.1) is 0 Å². The highest BCUT2D eigenvalue weighted by atomic mass is 15.1. The van der Waals surface area contributed by atoms with Gasteiger partial charge in [0.15, 0.2) is 0 Å². The molecule has 1 fully saturated rings. The van der Waals surface area contributed by atoms with Gasteiger partial charge in [0.25, 0.3) is 0 Å². The second kappa shape index (κ2) is 5.32. The van der Waals surface area contributed by atoms with Crippen molar-refractivity contribution in [2.24, 2.45) is 5.73 Å². The van der Waals surface area contributed by atoms with Gasteiger partial charge in [-0.05, 0) is 50.7 Å². The highest BCUT2D eigenvalue weighted by Gasteiger charge is 2.15. The van der Waals surface area contributed by atoms with Gasteiger partial charge in [0.05, 0.1) is 0 Å². The van der Waals surface area contributed by atoms with Gasteiger partial charge in [-0.2, -0.15) is 0 Å². The lowest BCUT2D eigenvalue weighted by Gasteiger charge is -2.30. The quantitative estimate of drug-likeness (QED) is 0.812. The van der Waals surface area contributed by atoms with Crippen LogP contribution in [0, 0.1) is 0 Å². The van der Waals surface area contributed by atoms with Crippen LogP contribution in [0.4, 0.5) is 5.69 Å². The molecule has 1 aliphatic rings. The molecule has 0 unspecified atom stereocenters. The van der Waals surface area contributed by atoms with Crippen LogP contribution in [0.25, 0.3) is 0 Å². The summed E-state index contributed by atoms with van der Waals surface area (Å²) in [7, 11) is 2.19. The normalized spacial score (nSPS) is 18.6. The Morgan fingerprint density at radius 2 is 1.88 bits per heavy atom. The summed E-state index contributed by atoms with van der Waals surface area (Å²) in [5.74, 6) is 0. The summed E-state index contributed by atoms with van der Waals surface area (Å²) >= 11 is 0. The van der Waals surface area contributed by atoms with Crippen molar-refractivity contribution in [3.63, 3.8) is 0 Å². The first-order valence-corrected chi connectivity index (χ1v) is 6.02. The molecule has 1 aromatic rings. The number of hydrogen-bond donors (Lipinski definition) is 2. The fourth-order valence-electron chi connectivity index (χ4n) is 2.13. The minimum Gasteiger partial charge on any atom is -0.382 e. The van der Waals surface area contributed by atoms with E-state index >= 15 is 0 Å². The number of nitrogens with two attached hydrogens (primary N) is 1. The largest absolute Gasteiger partial charge is 0.382 e. The number of piperidine rings is 1. The predicted molar refractivity (Wildman–Crippen MR) is 68.5 cm³/mol. The van der Waals surface area contributed by atoms with Gasteiger partial charge < -0.3 is 16.0 Å². The summed E-state index contributed by atoms with van der Waals surface area (Å²) in [6.07, 6.45) is 2.46. The first-order valence-electron chi connectivity index (χ1n) is 6.02. The van der Waals surface area contributed by atoms with Gasteiger partial charge >= 0.3 is 0 Å². The molecule has 3 N–H and O–H groups in total. The highest BCUT2D eigenvalue weighted by Crippen LogP contribution is 2.16. The van der Waals surface area contributed by atoms with E-state index in [0.29, 0.717) is 12.6 Å². The third-order valence-electron chi connectivity index (χ3n) is 3.28. The smallest absolute Gasteiger partial charge is 0.0342 e. The summed E-state index contributed by atoms with van der Waals surface area (Å²) in [6.45, 7) is 3.01. The average Bonchev–Trinajstić information content (AvgIpc) is 2.33. The minimum absolute atomic E-state index is 0.620. The first-order chi connectivity index (χ1) is 7.78. The molecule has 0 spiro atoms. The summed E-state index contributed by atoms with van der Waals surface area (Å²) in [5, 5.41) is 3.59. The van der Waals surface area contributed by atoms with Gasteiger partial charge in [-0.3, -0.25) is 0 Å². The lowest BCUT2D eigenvalue weighted by molar-refractivity contribution is 0.264. The maximum atomic E-state index is 5.57. The first kappa shape index (κ1) is 11.4. The second-order valence-electron chi connectivity index (χ2n) is 4.62. The predicted octanol–water partition coefficient (Wildman–Crippen LogP) is 1.65. The van der Waals surface area contributed by atoms with Crippen LogP contribution in [0.15, 0.2) is 24.3 Å². The van der Waals surface area contributed by atoms with Crippen LogP contribution in [0.5, 0.6) is 0 Å². The number of benzene rings is 1. The van der Waals surface area contributed by atoms with Crippen LogP contribution in [0.1, 0.15) is 18.4 Å². The number of likely N-dealkylation sites (tertiary alicyclic amines) is 1. The molecule has 1 heterocycles. The Kier molecular flexibility index (Phi) is 3.80. The van der Waals surface area contributed by atoms with Gasteiger partial charge in [-0.1, -0.05) is 12.1 Å². The second-order valence-corrected chi connectivity index (χ2v) is 4.62. The minimum atomic E-state index is 0.620. The lowest BCUT2D eigenvalue weighted by atomic mass is 10.1. The van der Waals surface area contributed by atoms with E-state index in [9.17, 15) is 0 Å². The molecule has 0 atom stereocenters.